The van der Waals surface area contributed by atoms with Crippen molar-refractivity contribution < 1.29 is 17.9 Å². The molecule has 1 amide bonds. The fraction of sp³-hybridized carbons (Fsp3) is 0.125. The third-order valence-corrected chi connectivity index (χ3v) is 2.95. The number of hydrogen-bond donors (Lipinski definition) is 1. The Kier molecular flexibility index (Phi) is 3.54. The van der Waals surface area contributed by atoms with Crippen LogP contribution in [0.1, 0.15) is 0 Å². The van der Waals surface area contributed by atoms with Crippen LogP contribution in [-0.4, -0.2) is 21.6 Å². The summed E-state index contributed by atoms with van der Waals surface area (Å²) in [7, 11) is 2.46. The molecule has 0 atom stereocenters. The van der Waals surface area contributed by atoms with E-state index < -0.39 is 15.1 Å². The molecule has 0 aliphatic carbocycles. The Morgan fingerprint density at radius 2 is 2.00 bits per heavy atom. The molecule has 1 aromatic carbocycles. The van der Waals surface area contributed by atoms with Gasteiger partial charge in [0.25, 0.3) is 9.05 Å². The molecule has 0 fully saturated rings. The van der Waals surface area contributed by atoms with Gasteiger partial charge in [0.1, 0.15) is 4.90 Å². The summed E-state index contributed by atoms with van der Waals surface area (Å²) in [6.45, 7) is 0. The summed E-state index contributed by atoms with van der Waals surface area (Å²) >= 11 is 0. The second kappa shape index (κ2) is 4.50. The maximum atomic E-state index is 11.1. The molecule has 0 saturated heterocycles. The predicted octanol–water partition coefficient (Wildman–Crippen LogP) is 1.79. The molecule has 0 aromatic heterocycles. The highest BCUT2D eigenvalue weighted by Crippen LogP contribution is 2.24. The molecule has 0 spiro atoms. The van der Waals surface area contributed by atoms with Gasteiger partial charge in [0.05, 0.1) is 12.8 Å². The zero-order valence-electron chi connectivity index (χ0n) is 7.73. The average Bonchev–Trinajstić information content (AvgIpc) is 2.17. The first-order valence-electron chi connectivity index (χ1n) is 3.84. The van der Waals surface area contributed by atoms with Crippen molar-refractivity contribution >= 4 is 31.5 Å². The summed E-state index contributed by atoms with van der Waals surface area (Å²) in [5.74, 6) is 0. The van der Waals surface area contributed by atoms with Gasteiger partial charge in [0.15, 0.2) is 0 Å². The number of benzene rings is 1. The predicted molar refractivity (Wildman–Crippen MR) is 55.5 cm³/mol. The number of para-hydroxylation sites is 1. The summed E-state index contributed by atoms with van der Waals surface area (Å²) in [4.78, 5) is 10.7. The lowest BCUT2D eigenvalue weighted by molar-refractivity contribution is 0.187. The summed E-state index contributed by atoms with van der Waals surface area (Å²) in [5.41, 5.74) is 0.0827. The standard InChI is InChI=1S/C8H8ClNO4S/c1-14-8(11)10-6-4-2-3-5-7(6)15(9,12)13/h2-5H,1H3,(H,10,11). The minimum atomic E-state index is -3.89. The Balaban J connectivity index is 3.13. The van der Waals surface area contributed by atoms with Crippen LogP contribution < -0.4 is 5.32 Å². The van der Waals surface area contributed by atoms with Gasteiger partial charge in [0.2, 0.25) is 0 Å². The second-order valence-corrected chi connectivity index (χ2v) is 5.08. The summed E-state index contributed by atoms with van der Waals surface area (Å²) in [6.07, 6.45) is -0.761. The first kappa shape index (κ1) is 11.8. The second-order valence-electron chi connectivity index (χ2n) is 2.55. The normalized spacial score (nSPS) is 10.8. The van der Waals surface area contributed by atoms with Crippen molar-refractivity contribution in [1.29, 1.82) is 0 Å². The van der Waals surface area contributed by atoms with Crippen molar-refractivity contribution in [3.05, 3.63) is 24.3 Å². The van der Waals surface area contributed by atoms with E-state index in [9.17, 15) is 13.2 Å². The largest absolute Gasteiger partial charge is 0.453 e. The van der Waals surface area contributed by atoms with Gasteiger partial charge in [0, 0.05) is 10.7 Å². The van der Waals surface area contributed by atoms with Crippen molar-refractivity contribution in [3.63, 3.8) is 0 Å². The number of rotatable bonds is 2. The third-order valence-electron chi connectivity index (χ3n) is 1.57. The fourth-order valence-corrected chi connectivity index (χ4v) is 1.97. The molecule has 82 valence electrons. The number of methoxy groups -OCH3 is 1. The molecule has 1 rings (SSSR count). The highest BCUT2D eigenvalue weighted by molar-refractivity contribution is 8.13. The van der Waals surface area contributed by atoms with Crippen LogP contribution in [0.3, 0.4) is 0 Å². The molecule has 0 unspecified atom stereocenters. The molecule has 0 heterocycles. The average molecular weight is 250 g/mol. The number of nitrogens with one attached hydrogen (secondary N) is 1. The van der Waals surface area contributed by atoms with Crippen LogP contribution in [-0.2, 0) is 13.8 Å². The topological polar surface area (TPSA) is 72.5 Å². The number of halogens is 1. The first-order valence-corrected chi connectivity index (χ1v) is 6.14. The van der Waals surface area contributed by atoms with E-state index in [-0.39, 0.29) is 10.6 Å². The van der Waals surface area contributed by atoms with Crippen molar-refractivity contribution in [2.75, 3.05) is 12.4 Å². The SMILES string of the molecule is COC(=O)Nc1ccccc1S(=O)(=O)Cl. The molecule has 0 aliphatic rings. The van der Waals surface area contributed by atoms with Crippen molar-refractivity contribution in [2.45, 2.75) is 4.90 Å². The Bertz CT molecular complexity index is 471. The van der Waals surface area contributed by atoms with Gasteiger partial charge in [-0.2, -0.15) is 0 Å². The van der Waals surface area contributed by atoms with E-state index in [2.05, 4.69) is 10.1 Å². The van der Waals surface area contributed by atoms with Gasteiger partial charge in [-0.05, 0) is 12.1 Å². The van der Waals surface area contributed by atoms with Gasteiger partial charge in [-0.1, -0.05) is 12.1 Å². The molecule has 0 aliphatic heterocycles. The smallest absolute Gasteiger partial charge is 0.411 e. The number of hydrogen-bond acceptors (Lipinski definition) is 4. The van der Waals surface area contributed by atoms with Gasteiger partial charge in [-0.15, -0.1) is 0 Å². The van der Waals surface area contributed by atoms with Crippen LogP contribution in [0, 0.1) is 0 Å². The molecule has 15 heavy (non-hydrogen) atoms. The van der Waals surface area contributed by atoms with Crippen LogP contribution >= 0.6 is 10.7 Å². The number of anilines is 1. The van der Waals surface area contributed by atoms with Crippen LogP contribution in [0.4, 0.5) is 10.5 Å². The zero-order valence-corrected chi connectivity index (χ0v) is 9.30. The highest BCUT2D eigenvalue weighted by atomic mass is 35.7. The van der Waals surface area contributed by atoms with Gasteiger partial charge >= 0.3 is 6.09 Å². The molecule has 0 saturated carbocycles. The lowest BCUT2D eigenvalue weighted by atomic mass is 10.3. The Labute approximate surface area is 91.4 Å². The minimum absolute atomic E-state index is 0.0827. The molecule has 0 radical (unpaired) electrons. The van der Waals surface area contributed by atoms with Gasteiger partial charge in [-0.25, -0.2) is 13.2 Å². The van der Waals surface area contributed by atoms with Gasteiger partial charge < -0.3 is 4.74 Å². The molecule has 7 heteroatoms. The van der Waals surface area contributed by atoms with Crippen LogP contribution in [0.25, 0.3) is 0 Å². The van der Waals surface area contributed by atoms with E-state index in [0.29, 0.717) is 0 Å². The number of carbonyl (C=O) groups excluding carboxylic acids is 1. The van der Waals surface area contributed by atoms with E-state index in [0.717, 1.165) is 0 Å². The van der Waals surface area contributed by atoms with E-state index >= 15 is 0 Å². The number of carbonyl (C=O) groups is 1. The Hall–Kier alpha value is -1.27. The number of ether oxygens (including phenoxy) is 1. The van der Waals surface area contributed by atoms with Crippen molar-refractivity contribution in [1.82, 2.24) is 0 Å². The van der Waals surface area contributed by atoms with Crippen molar-refractivity contribution in [3.8, 4) is 0 Å². The Morgan fingerprint density at radius 3 is 2.53 bits per heavy atom. The molecule has 1 aromatic rings. The zero-order chi connectivity index (χ0) is 11.5. The van der Waals surface area contributed by atoms with E-state index in [1.807, 2.05) is 0 Å². The minimum Gasteiger partial charge on any atom is -0.453 e. The summed E-state index contributed by atoms with van der Waals surface area (Å²) < 4.78 is 26.5. The molecular weight excluding hydrogens is 242 g/mol. The lowest BCUT2D eigenvalue weighted by Crippen LogP contribution is -2.12. The van der Waals surface area contributed by atoms with Crippen LogP contribution in [0.2, 0.25) is 0 Å². The maximum absolute atomic E-state index is 11.1. The van der Waals surface area contributed by atoms with Crippen LogP contribution in [0.15, 0.2) is 29.2 Å². The Morgan fingerprint density at radius 1 is 1.40 bits per heavy atom. The number of amides is 1. The fourth-order valence-electron chi connectivity index (χ4n) is 0.944. The third kappa shape index (κ3) is 3.10. The first-order chi connectivity index (χ1) is 6.95. The molecule has 5 nitrogen and oxygen atoms in total. The highest BCUT2D eigenvalue weighted by Gasteiger charge is 2.16. The summed E-state index contributed by atoms with van der Waals surface area (Å²) in [5, 5.41) is 2.24. The van der Waals surface area contributed by atoms with Gasteiger partial charge in [-0.3, -0.25) is 5.32 Å². The quantitative estimate of drug-likeness (QED) is 0.811. The molecule has 1 N–H and O–H groups in total. The van der Waals surface area contributed by atoms with Crippen molar-refractivity contribution in [2.24, 2.45) is 0 Å². The van der Waals surface area contributed by atoms with E-state index in [4.69, 9.17) is 10.7 Å². The summed E-state index contributed by atoms with van der Waals surface area (Å²) in [6, 6.07) is 5.76. The van der Waals surface area contributed by atoms with E-state index in [1.165, 1.54) is 25.3 Å². The maximum Gasteiger partial charge on any atom is 0.411 e. The monoisotopic (exact) mass is 249 g/mol. The molecule has 0 bridgehead atoms. The van der Waals surface area contributed by atoms with Crippen LogP contribution in [0.5, 0.6) is 0 Å². The molecular formula is C8H8ClNO4S. The lowest BCUT2D eigenvalue weighted by Gasteiger charge is -2.06. The van der Waals surface area contributed by atoms with E-state index in [1.54, 1.807) is 6.07 Å².